The normalized spacial score (nSPS) is 14.3. The van der Waals surface area contributed by atoms with Crippen molar-refractivity contribution < 1.29 is 27.4 Å². The van der Waals surface area contributed by atoms with Crippen molar-refractivity contribution in [2.24, 2.45) is 5.92 Å². The van der Waals surface area contributed by atoms with Crippen LogP contribution in [0.2, 0.25) is 0 Å². The van der Waals surface area contributed by atoms with Crippen molar-refractivity contribution in [3.63, 3.8) is 0 Å². The van der Waals surface area contributed by atoms with Crippen LogP contribution in [0, 0.1) is 5.92 Å². The van der Waals surface area contributed by atoms with Gasteiger partial charge in [0.2, 0.25) is 15.9 Å². The molecule has 1 heterocycles. The number of pyridine rings is 1. The number of carbonyl (C=O) groups is 1. The summed E-state index contributed by atoms with van der Waals surface area (Å²) in [7, 11) is -0.805. The number of aromatic nitrogens is 1. The van der Waals surface area contributed by atoms with Gasteiger partial charge in [0.05, 0.1) is 43.1 Å². The molecule has 1 N–H and O–H groups in total. The van der Waals surface area contributed by atoms with E-state index in [1.165, 1.54) is 20.4 Å². The maximum atomic E-state index is 12.8. The Morgan fingerprint density at radius 3 is 2.37 bits per heavy atom. The molecule has 1 rings (SSSR count). The van der Waals surface area contributed by atoms with E-state index in [1.54, 1.807) is 40.7 Å². The SMILES string of the molecule is CCOC(=O)C(C)CC(NS(=O)(=O)C(C)(C)C)c1c(OC)ccnc1OC. The first-order valence-corrected chi connectivity index (χ1v) is 10.2. The second kappa shape index (κ2) is 9.36. The molecule has 27 heavy (non-hydrogen) atoms. The summed E-state index contributed by atoms with van der Waals surface area (Å²) >= 11 is 0. The summed E-state index contributed by atoms with van der Waals surface area (Å²) in [5.41, 5.74) is 0.437. The van der Waals surface area contributed by atoms with Gasteiger partial charge in [-0.3, -0.25) is 4.79 Å². The molecule has 0 fully saturated rings. The maximum absolute atomic E-state index is 12.8. The Hall–Kier alpha value is -1.87. The van der Waals surface area contributed by atoms with Crippen molar-refractivity contribution >= 4 is 16.0 Å². The van der Waals surface area contributed by atoms with Gasteiger partial charge in [-0.2, -0.15) is 0 Å². The number of hydrogen-bond donors (Lipinski definition) is 1. The Morgan fingerprint density at radius 1 is 1.26 bits per heavy atom. The molecule has 0 saturated carbocycles. The van der Waals surface area contributed by atoms with Crippen LogP contribution >= 0.6 is 0 Å². The molecule has 0 aliphatic carbocycles. The maximum Gasteiger partial charge on any atom is 0.308 e. The van der Waals surface area contributed by atoms with E-state index >= 15 is 0 Å². The van der Waals surface area contributed by atoms with Gasteiger partial charge < -0.3 is 14.2 Å². The first-order chi connectivity index (χ1) is 12.5. The van der Waals surface area contributed by atoms with E-state index in [1.807, 2.05) is 0 Å². The van der Waals surface area contributed by atoms with E-state index in [9.17, 15) is 13.2 Å². The molecule has 0 aliphatic rings. The minimum atomic E-state index is -3.72. The molecule has 0 spiro atoms. The molecule has 2 atom stereocenters. The molecule has 0 aliphatic heterocycles. The van der Waals surface area contributed by atoms with Crippen LogP contribution in [-0.4, -0.2) is 44.9 Å². The van der Waals surface area contributed by atoms with E-state index in [0.717, 1.165) is 0 Å². The highest BCUT2D eigenvalue weighted by molar-refractivity contribution is 7.90. The fraction of sp³-hybridized carbons (Fsp3) is 0.667. The Labute approximate surface area is 161 Å². The minimum absolute atomic E-state index is 0.159. The predicted molar refractivity (Wildman–Crippen MR) is 102 cm³/mol. The summed E-state index contributed by atoms with van der Waals surface area (Å²) in [5, 5.41) is 0. The van der Waals surface area contributed by atoms with Gasteiger partial charge in [0.25, 0.3) is 0 Å². The molecule has 0 aromatic carbocycles. The number of sulfonamides is 1. The number of ether oxygens (including phenoxy) is 3. The monoisotopic (exact) mass is 402 g/mol. The van der Waals surface area contributed by atoms with Gasteiger partial charge in [-0.25, -0.2) is 18.1 Å². The van der Waals surface area contributed by atoms with Crippen molar-refractivity contribution in [1.29, 1.82) is 0 Å². The molecule has 2 unspecified atom stereocenters. The average molecular weight is 403 g/mol. The molecule has 9 heteroatoms. The van der Waals surface area contributed by atoms with Gasteiger partial charge in [-0.1, -0.05) is 6.92 Å². The number of carbonyl (C=O) groups excluding carboxylic acids is 1. The zero-order chi connectivity index (χ0) is 20.8. The second-order valence-electron chi connectivity index (χ2n) is 7.11. The Balaban J connectivity index is 3.41. The topological polar surface area (TPSA) is 104 Å². The molecule has 1 aromatic rings. The molecule has 0 radical (unpaired) electrons. The van der Waals surface area contributed by atoms with E-state index < -0.39 is 32.7 Å². The van der Waals surface area contributed by atoms with Crippen LogP contribution in [0.1, 0.15) is 52.6 Å². The molecule has 1 aromatic heterocycles. The Bertz CT molecular complexity index is 720. The minimum Gasteiger partial charge on any atom is -0.496 e. The lowest BCUT2D eigenvalue weighted by Crippen LogP contribution is -2.42. The van der Waals surface area contributed by atoms with Gasteiger partial charge in [-0.05, 0) is 40.2 Å². The standard InChI is InChI=1S/C18H30N2O6S/c1-8-26-17(21)12(2)11-13(20-27(22,23)18(3,4)5)15-14(24-6)9-10-19-16(15)25-7/h9-10,12-13,20H,8,11H2,1-7H3. The van der Waals surface area contributed by atoms with Gasteiger partial charge in [0.1, 0.15) is 5.75 Å². The highest BCUT2D eigenvalue weighted by atomic mass is 32.2. The average Bonchev–Trinajstić information content (AvgIpc) is 2.59. The van der Waals surface area contributed by atoms with E-state index in [4.69, 9.17) is 14.2 Å². The van der Waals surface area contributed by atoms with Gasteiger partial charge in [0, 0.05) is 6.20 Å². The van der Waals surface area contributed by atoms with Crippen LogP contribution in [0.25, 0.3) is 0 Å². The zero-order valence-corrected chi connectivity index (χ0v) is 17.8. The highest BCUT2D eigenvalue weighted by Crippen LogP contribution is 2.37. The molecule has 0 bridgehead atoms. The van der Waals surface area contributed by atoms with Crippen LogP contribution in [-0.2, 0) is 19.6 Å². The lowest BCUT2D eigenvalue weighted by Gasteiger charge is -2.28. The number of hydrogen-bond acceptors (Lipinski definition) is 7. The highest BCUT2D eigenvalue weighted by Gasteiger charge is 2.35. The number of nitrogens with one attached hydrogen (secondary N) is 1. The molecule has 8 nitrogen and oxygen atoms in total. The van der Waals surface area contributed by atoms with Gasteiger partial charge in [0.15, 0.2) is 0 Å². The summed E-state index contributed by atoms with van der Waals surface area (Å²) in [5.74, 6) is -0.307. The molecule has 154 valence electrons. The van der Waals surface area contributed by atoms with Crippen LogP contribution < -0.4 is 14.2 Å². The lowest BCUT2D eigenvalue weighted by molar-refractivity contribution is -0.147. The summed E-state index contributed by atoms with van der Waals surface area (Å²) in [6, 6.07) is 0.831. The van der Waals surface area contributed by atoms with Crippen molar-refractivity contribution in [3.8, 4) is 11.6 Å². The number of methoxy groups -OCH3 is 2. The first kappa shape index (κ1) is 23.2. The molecular formula is C18H30N2O6S. The smallest absolute Gasteiger partial charge is 0.308 e. The van der Waals surface area contributed by atoms with E-state index in [0.29, 0.717) is 11.3 Å². The largest absolute Gasteiger partial charge is 0.496 e. The van der Waals surface area contributed by atoms with Crippen LogP contribution in [0.4, 0.5) is 0 Å². The third-order valence-corrected chi connectivity index (χ3v) is 6.26. The number of esters is 1. The van der Waals surface area contributed by atoms with Crippen molar-refractivity contribution in [2.45, 2.75) is 51.8 Å². The fourth-order valence-electron chi connectivity index (χ4n) is 2.42. The predicted octanol–water partition coefficient (Wildman–Crippen LogP) is 2.45. The second-order valence-corrected chi connectivity index (χ2v) is 9.58. The van der Waals surface area contributed by atoms with Crippen LogP contribution in [0.3, 0.4) is 0 Å². The third-order valence-electron chi connectivity index (χ3n) is 4.06. The van der Waals surface area contributed by atoms with Gasteiger partial charge in [-0.15, -0.1) is 0 Å². The van der Waals surface area contributed by atoms with Crippen molar-refractivity contribution in [1.82, 2.24) is 9.71 Å². The zero-order valence-electron chi connectivity index (χ0n) is 17.0. The summed E-state index contributed by atoms with van der Waals surface area (Å²) in [6.45, 7) is 8.45. The Kier molecular flexibility index (Phi) is 8.04. The Morgan fingerprint density at radius 2 is 1.89 bits per heavy atom. The van der Waals surface area contributed by atoms with Crippen molar-refractivity contribution in [2.75, 3.05) is 20.8 Å². The molecule has 0 amide bonds. The summed E-state index contributed by atoms with van der Waals surface area (Å²) in [4.78, 5) is 16.3. The van der Waals surface area contributed by atoms with Crippen molar-refractivity contribution in [3.05, 3.63) is 17.8 Å². The first-order valence-electron chi connectivity index (χ1n) is 8.73. The molecule has 0 saturated heterocycles. The summed E-state index contributed by atoms with van der Waals surface area (Å²) < 4.78 is 43.0. The van der Waals surface area contributed by atoms with Gasteiger partial charge >= 0.3 is 5.97 Å². The van der Waals surface area contributed by atoms with Crippen LogP contribution in [0.5, 0.6) is 11.6 Å². The van der Waals surface area contributed by atoms with E-state index in [2.05, 4.69) is 9.71 Å². The quantitative estimate of drug-likeness (QED) is 0.633. The molecular weight excluding hydrogens is 372 g/mol. The lowest BCUT2D eigenvalue weighted by atomic mass is 9.96. The fourth-order valence-corrected chi connectivity index (χ4v) is 3.36. The summed E-state index contributed by atoms with van der Waals surface area (Å²) in [6.07, 6.45) is 1.66. The number of rotatable bonds is 9. The number of nitrogens with zero attached hydrogens (tertiary/aromatic N) is 1. The third kappa shape index (κ3) is 5.80. The van der Waals surface area contributed by atoms with Crippen LogP contribution in [0.15, 0.2) is 12.3 Å². The van der Waals surface area contributed by atoms with E-state index in [-0.39, 0.29) is 18.9 Å².